The van der Waals surface area contributed by atoms with Gasteiger partial charge in [0.25, 0.3) is 15.9 Å². The zero-order valence-electron chi connectivity index (χ0n) is 11.8. The van der Waals surface area contributed by atoms with E-state index < -0.39 is 15.9 Å². The molecule has 1 aromatic carbocycles. The second-order valence-electron chi connectivity index (χ2n) is 4.67. The van der Waals surface area contributed by atoms with Crippen LogP contribution in [0.2, 0.25) is 0 Å². The number of aromatic nitrogens is 3. The van der Waals surface area contributed by atoms with Gasteiger partial charge in [-0.3, -0.25) is 9.89 Å². The van der Waals surface area contributed by atoms with Gasteiger partial charge in [-0.15, -0.1) is 11.3 Å². The highest BCUT2D eigenvalue weighted by atomic mass is 32.2. The van der Waals surface area contributed by atoms with Crippen molar-refractivity contribution in [2.75, 3.05) is 0 Å². The molecule has 2 aromatic heterocycles. The van der Waals surface area contributed by atoms with E-state index in [9.17, 15) is 13.2 Å². The molecule has 2 heterocycles. The smallest absolute Gasteiger partial charge is 0.281 e. The summed E-state index contributed by atoms with van der Waals surface area (Å²) in [6.07, 6.45) is 1.93. The van der Waals surface area contributed by atoms with E-state index in [0.717, 1.165) is 16.9 Å². The molecule has 3 rings (SSSR count). The second kappa shape index (κ2) is 6.31. The number of carbonyl (C=O) groups is 1. The van der Waals surface area contributed by atoms with E-state index in [1.54, 1.807) is 0 Å². The lowest BCUT2D eigenvalue weighted by Gasteiger charge is -2.01. The number of rotatable bonds is 5. The summed E-state index contributed by atoms with van der Waals surface area (Å²) in [4.78, 5) is 15.7. The first-order chi connectivity index (χ1) is 11.0. The van der Waals surface area contributed by atoms with Gasteiger partial charge in [0.15, 0.2) is 5.69 Å². The molecule has 7 nitrogen and oxygen atoms in total. The first-order valence-corrected chi connectivity index (χ1v) is 8.96. The quantitative estimate of drug-likeness (QED) is 0.728. The first-order valence-electron chi connectivity index (χ1n) is 6.59. The van der Waals surface area contributed by atoms with E-state index in [1.165, 1.54) is 17.6 Å². The number of hydrogen-bond acceptors (Lipinski definition) is 6. The van der Waals surface area contributed by atoms with Crippen molar-refractivity contribution in [1.82, 2.24) is 19.9 Å². The van der Waals surface area contributed by atoms with Crippen LogP contribution in [-0.2, 0) is 16.4 Å². The van der Waals surface area contributed by atoms with Crippen LogP contribution in [0.1, 0.15) is 21.7 Å². The van der Waals surface area contributed by atoms with Gasteiger partial charge in [-0.2, -0.15) is 13.5 Å². The van der Waals surface area contributed by atoms with Crippen LogP contribution in [-0.4, -0.2) is 29.5 Å². The van der Waals surface area contributed by atoms with Crippen molar-refractivity contribution in [3.8, 4) is 0 Å². The Hall–Kier alpha value is -2.52. The maximum Gasteiger partial charge on any atom is 0.291 e. The van der Waals surface area contributed by atoms with Crippen LogP contribution >= 0.6 is 11.3 Å². The van der Waals surface area contributed by atoms with E-state index in [0.29, 0.717) is 12.1 Å². The normalized spacial score (nSPS) is 11.3. The average Bonchev–Trinajstić information content (AvgIpc) is 3.19. The minimum atomic E-state index is -3.96. The summed E-state index contributed by atoms with van der Waals surface area (Å²) in [6.45, 7) is 0. The molecule has 0 aliphatic heterocycles. The standard InChI is InChI=1S/C14H12N4O3S2/c19-13(18-23(20,21)14-15-6-7-22-14)12-9-11(16-17-12)8-10-4-2-1-3-5-10/h1-7,9H,8H2,(H,16,17)(H,18,19). The van der Waals surface area contributed by atoms with Crippen molar-refractivity contribution in [2.24, 2.45) is 0 Å². The largest absolute Gasteiger partial charge is 0.291 e. The van der Waals surface area contributed by atoms with Gasteiger partial charge < -0.3 is 0 Å². The fraction of sp³-hybridized carbons (Fsp3) is 0.0714. The number of aromatic amines is 1. The third-order valence-electron chi connectivity index (χ3n) is 2.97. The molecule has 2 N–H and O–H groups in total. The molecule has 0 aliphatic rings. The summed E-state index contributed by atoms with van der Waals surface area (Å²) in [5.74, 6) is -0.796. The molecule has 3 aromatic rings. The van der Waals surface area contributed by atoms with Gasteiger partial charge >= 0.3 is 0 Å². The molecule has 0 saturated heterocycles. The lowest BCUT2D eigenvalue weighted by molar-refractivity contribution is 0.0976. The van der Waals surface area contributed by atoms with Crippen LogP contribution in [0, 0.1) is 0 Å². The maximum absolute atomic E-state index is 12.0. The molecule has 0 unspecified atom stereocenters. The molecular formula is C14H12N4O3S2. The highest BCUT2D eigenvalue weighted by Crippen LogP contribution is 2.13. The molecule has 1 amide bonds. The third-order valence-corrected chi connectivity index (χ3v) is 5.50. The molecule has 0 fully saturated rings. The van der Waals surface area contributed by atoms with E-state index in [1.807, 2.05) is 35.1 Å². The Morgan fingerprint density at radius 1 is 1.26 bits per heavy atom. The molecular weight excluding hydrogens is 336 g/mol. The van der Waals surface area contributed by atoms with Gasteiger partial charge in [0, 0.05) is 23.7 Å². The molecule has 9 heteroatoms. The highest BCUT2D eigenvalue weighted by Gasteiger charge is 2.22. The molecule has 0 radical (unpaired) electrons. The Bertz CT molecular complexity index is 903. The van der Waals surface area contributed by atoms with Gasteiger partial charge in [0.1, 0.15) is 0 Å². The minimum Gasteiger partial charge on any atom is -0.281 e. The predicted octanol–water partition coefficient (Wildman–Crippen LogP) is 1.58. The molecule has 23 heavy (non-hydrogen) atoms. The SMILES string of the molecule is O=C(NS(=O)(=O)c1nccs1)c1cc(Cc2ccccc2)[nH]n1. The minimum absolute atomic E-state index is 0.0102. The maximum atomic E-state index is 12.0. The van der Waals surface area contributed by atoms with Gasteiger partial charge in [0.05, 0.1) is 0 Å². The zero-order chi connectivity index (χ0) is 16.3. The summed E-state index contributed by atoms with van der Waals surface area (Å²) >= 11 is 0.932. The van der Waals surface area contributed by atoms with Crippen LogP contribution in [0.5, 0.6) is 0 Å². The van der Waals surface area contributed by atoms with Crippen LogP contribution < -0.4 is 4.72 Å². The van der Waals surface area contributed by atoms with Gasteiger partial charge in [-0.1, -0.05) is 30.3 Å². The lowest BCUT2D eigenvalue weighted by atomic mass is 10.1. The summed E-state index contributed by atoms with van der Waals surface area (Å²) in [6, 6.07) is 11.2. The fourth-order valence-corrected chi connectivity index (χ4v) is 3.74. The van der Waals surface area contributed by atoms with Crippen molar-refractivity contribution in [2.45, 2.75) is 10.8 Å². The number of nitrogens with one attached hydrogen (secondary N) is 2. The van der Waals surface area contributed by atoms with Crippen molar-refractivity contribution in [3.63, 3.8) is 0 Å². The molecule has 0 bridgehead atoms. The van der Waals surface area contributed by atoms with Gasteiger partial charge in [-0.25, -0.2) is 9.71 Å². The number of amides is 1. The number of carbonyl (C=O) groups excluding carboxylic acids is 1. The van der Waals surface area contributed by atoms with E-state index >= 15 is 0 Å². The Kier molecular flexibility index (Phi) is 4.22. The number of nitrogens with zero attached hydrogens (tertiary/aromatic N) is 2. The Balaban J connectivity index is 1.72. The summed E-state index contributed by atoms with van der Waals surface area (Å²) in [7, 11) is -3.96. The topological polar surface area (TPSA) is 105 Å². The molecule has 0 saturated carbocycles. The van der Waals surface area contributed by atoms with E-state index in [2.05, 4.69) is 15.2 Å². The summed E-state index contributed by atoms with van der Waals surface area (Å²) in [5.41, 5.74) is 1.78. The van der Waals surface area contributed by atoms with Crippen LogP contribution in [0.4, 0.5) is 0 Å². The fourth-order valence-electron chi connectivity index (χ4n) is 1.95. The Morgan fingerprint density at radius 2 is 2.04 bits per heavy atom. The van der Waals surface area contributed by atoms with E-state index in [4.69, 9.17) is 0 Å². The Morgan fingerprint density at radius 3 is 2.74 bits per heavy atom. The molecule has 0 atom stereocenters. The van der Waals surface area contributed by atoms with Gasteiger partial charge in [-0.05, 0) is 11.6 Å². The Labute approximate surface area is 136 Å². The molecule has 118 valence electrons. The number of thiazole rings is 1. The summed E-state index contributed by atoms with van der Waals surface area (Å²) < 4.78 is 25.7. The molecule has 0 aliphatic carbocycles. The third kappa shape index (κ3) is 3.63. The van der Waals surface area contributed by atoms with Crippen LogP contribution in [0.25, 0.3) is 0 Å². The van der Waals surface area contributed by atoms with Gasteiger partial charge in [0.2, 0.25) is 4.34 Å². The van der Waals surface area contributed by atoms with Crippen LogP contribution in [0.15, 0.2) is 52.3 Å². The highest BCUT2D eigenvalue weighted by molar-refractivity contribution is 7.92. The number of H-pyrrole nitrogens is 1. The summed E-state index contributed by atoms with van der Waals surface area (Å²) in [5, 5.41) is 8.12. The number of hydrogen-bond donors (Lipinski definition) is 2. The second-order valence-corrected chi connectivity index (χ2v) is 7.42. The predicted molar refractivity (Wildman–Crippen MR) is 84.6 cm³/mol. The molecule has 0 spiro atoms. The average molecular weight is 348 g/mol. The number of sulfonamides is 1. The first kappa shape index (κ1) is 15.4. The van der Waals surface area contributed by atoms with Crippen molar-refractivity contribution >= 4 is 27.3 Å². The lowest BCUT2D eigenvalue weighted by Crippen LogP contribution is -2.30. The van der Waals surface area contributed by atoms with Crippen molar-refractivity contribution in [3.05, 3.63) is 64.9 Å². The van der Waals surface area contributed by atoms with Crippen LogP contribution in [0.3, 0.4) is 0 Å². The number of benzene rings is 1. The van der Waals surface area contributed by atoms with Crippen molar-refractivity contribution < 1.29 is 13.2 Å². The van der Waals surface area contributed by atoms with E-state index in [-0.39, 0.29) is 10.0 Å². The van der Waals surface area contributed by atoms with Crippen molar-refractivity contribution in [1.29, 1.82) is 0 Å². The monoisotopic (exact) mass is 348 g/mol. The zero-order valence-corrected chi connectivity index (χ0v) is 13.4.